The minimum absolute atomic E-state index is 0.533. The molecule has 0 amide bonds. The zero-order chi connectivity index (χ0) is 9.68. The molecule has 0 aromatic heterocycles. The second kappa shape index (κ2) is 4.93. The van der Waals surface area contributed by atoms with Gasteiger partial charge in [-0.1, -0.05) is 31.2 Å². The Bertz CT molecular complexity index is 294. The molecule has 0 bridgehead atoms. The van der Waals surface area contributed by atoms with E-state index < -0.39 is 0 Å². The average Bonchev–Trinajstić information content (AvgIpc) is 2.16. The average molecular weight is 197 g/mol. The first-order valence-corrected chi connectivity index (χ1v) is 4.67. The van der Waals surface area contributed by atoms with E-state index in [0.29, 0.717) is 6.61 Å². The van der Waals surface area contributed by atoms with Crippen LogP contribution in [0.2, 0.25) is 5.02 Å². The number of aryl methyl sites for hydroxylation is 1. The van der Waals surface area contributed by atoms with Crippen molar-refractivity contribution >= 4 is 11.6 Å². The van der Waals surface area contributed by atoms with Crippen LogP contribution in [-0.2, 0) is 6.42 Å². The molecule has 13 heavy (non-hydrogen) atoms. The predicted octanol–water partition coefficient (Wildman–Crippen LogP) is 3.47. The van der Waals surface area contributed by atoms with Gasteiger partial charge in [0.25, 0.3) is 0 Å². The van der Waals surface area contributed by atoms with Gasteiger partial charge in [0.1, 0.15) is 12.4 Å². The summed E-state index contributed by atoms with van der Waals surface area (Å²) < 4.78 is 5.38. The van der Waals surface area contributed by atoms with Gasteiger partial charge in [0.15, 0.2) is 0 Å². The van der Waals surface area contributed by atoms with Crippen molar-refractivity contribution in [1.82, 2.24) is 0 Å². The van der Waals surface area contributed by atoms with Gasteiger partial charge < -0.3 is 4.74 Å². The molecule has 0 radical (unpaired) electrons. The van der Waals surface area contributed by atoms with E-state index in [9.17, 15) is 0 Å². The summed E-state index contributed by atoms with van der Waals surface area (Å²) in [6.07, 6.45) is 2.64. The van der Waals surface area contributed by atoms with Gasteiger partial charge in [-0.05, 0) is 30.2 Å². The van der Waals surface area contributed by atoms with E-state index >= 15 is 0 Å². The summed E-state index contributed by atoms with van der Waals surface area (Å²) in [4.78, 5) is 0. The highest BCUT2D eigenvalue weighted by molar-refractivity contribution is 6.31. The van der Waals surface area contributed by atoms with Crippen molar-refractivity contribution in [2.45, 2.75) is 13.3 Å². The van der Waals surface area contributed by atoms with Crippen LogP contribution in [0.15, 0.2) is 30.9 Å². The second-order valence-corrected chi connectivity index (χ2v) is 3.11. The molecule has 0 N–H and O–H groups in total. The van der Waals surface area contributed by atoms with E-state index in [4.69, 9.17) is 16.3 Å². The molecule has 0 saturated carbocycles. The van der Waals surface area contributed by atoms with E-state index in [-0.39, 0.29) is 0 Å². The van der Waals surface area contributed by atoms with Crippen molar-refractivity contribution in [2.75, 3.05) is 6.61 Å². The third-order valence-electron chi connectivity index (χ3n) is 1.77. The van der Waals surface area contributed by atoms with Gasteiger partial charge in [0.2, 0.25) is 0 Å². The number of rotatable bonds is 4. The number of ether oxygens (including phenoxy) is 1. The number of halogens is 1. The van der Waals surface area contributed by atoms with Crippen LogP contribution >= 0.6 is 11.6 Å². The first kappa shape index (κ1) is 10.1. The van der Waals surface area contributed by atoms with Gasteiger partial charge >= 0.3 is 0 Å². The van der Waals surface area contributed by atoms with Crippen LogP contribution in [0.5, 0.6) is 5.75 Å². The molecule has 0 aliphatic heterocycles. The molecule has 70 valence electrons. The van der Waals surface area contributed by atoms with Crippen molar-refractivity contribution in [3.05, 3.63) is 41.4 Å². The lowest BCUT2D eigenvalue weighted by atomic mass is 10.1. The number of hydrogen-bond donors (Lipinski definition) is 0. The molecule has 1 aromatic rings. The standard InChI is InChI=1S/C11H13ClO/c1-3-7-13-10-5-6-11(12)9(4-2)8-10/h3,5-6,8H,1,4,7H2,2H3. The summed E-state index contributed by atoms with van der Waals surface area (Å²) in [5.74, 6) is 0.848. The topological polar surface area (TPSA) is 9.23 Å². The lowest BCUT2D eigenvalue weighted by Crippen LogP contribution is -1.93. The van der Waals surface area contributed by atoms with Gasteiger partial charge in [0.05, 0.1) is 0 Å². The molecular weight excluding hydrogens is 184 g/mol. The molecule has 1 aromatic carbocycles. The van der Waals surface area contributed by atoms with Crippen molar-refractivity contribution < 1.29 is 4.74 Å². The predicted molar refractivity (Wildman–Crippen MR) is 56.5 cm³/mol. The summed E-state index contributed by atoms with van der Waals surface area (Å²) in [6.45, 7) is 6.19. The molecule has 1 nitrogen and oxygen atoms in total. The lowest BCUT2D eigenvalue weighted by Gasteiger charge is -2.06. The molecule has 0 atom stereocenters. The summed E-state index contributed by atoms with van der Waals surface area (Å²) in [5, 5.41) is 0.799. The maximum absolute atomic E-state index is 5.95. The SMILES string of the molecule is C=CCOc1ccc(Cl)c(CC)c1. The third kappa shape index (κ3) is 2.78. The van der Waals surface area contributed by atoms with E-state index in [2.05, 4.69) is 13.5 Å². The Labute approximate surface area is 84.0 Å². The first-order chi connectivity index (χ1) is 6.27. The summed E-state index contributed by atoms with van der Waals surface area (Å²) in [5.41, 5.74) is 1.11. The maximum atomic E-state index is 5.95. The highest BCUT2D eigenvalue weighted by atomic mass is 35.5. The normalized spacial score (nSPS) is 9.69. The maximum Gasteiger partial charge on any atom is 0.120 e. The van der Waals surface area contributed by atoms with E-state index in [0.717, 1.165) is 22.8 Å². The van der Waals surface area contributed by atoms with Crippen LogP contribution in [0, 0.1) is 0 Å². The Balaban J connectivity index is 2.79. The molecule has 0 aliphatic carbocycles. The fourth-order valence-electron chi connectivity index (χ4n) is 1.07. The van der Waals surface area contributed by atoms with Gasteiger partial charge in [0, 0.05) is 5.02 Å². The summed E-state index contributed by atoms with van der Waals surface area (Å²) in [6, 6.07) is 5.69. The zero-order valence-electron chi connectivity index (χ0n) is 7.72. The molecule has 0 unspecified atom stereocenters. The van der Waals surface area contributed by atoms with Gasteiger partial charge in [-0.2, -0.15) is 0 Å². The summed E-state index contributed by atoms with van der Waals surface area (Å²) in [7, 11) is 0. The third-order valence-corrected chi connectivity index (χ3v) is 2.13. The van der Waals surface area contributed by atoms with Crippen LogP contribution in [0.25, 0.3) is 0 Å². The van der Waals surface area contributed by atoms with Crippen molar-refractivity contribution in [1.29, 1.82) is 0 Å². The fraction of sp³-hybridized carbons (Fsp3) is 0.273. The molecule has 2 heteroatoms. The number of benzene rings is 1. The van der Waals surface area contributed by atoms with Crippen molar-refractivity contribution in [3.8, 4) is 5.75 Å². The van der Waals surface area contributed by atoms with Crippen molar-refractivity contribution in [2.24, 2.45) is 0 Å². The largest absolute Gasteiger partial charge is 0.490 e. The van der Waals surface area contributed by atoms with Crippen LogP contribution in [0.3, 0.4) is 0 Å². The first-order valence-electron chi connectivity index (χ1n) is 4.30. The molecule has 0 spiro atoms. The van der Waals surface area contributed by atoms with Gasteiger partial charge in [-0.25, -0.2) is 0 Å². The van der Waals surface area contributed by atoms with E-state index in [1.165, 1.54) is 0 Å². The molecule has 0 aliphatic rings. The Hall–Kier alpha value is -0.950. The monoisotopic (exact) mass is 196 g/mol. The molecule has 1 rings (SSSR count). The Morgan fingerprint density at radius 3 is 2.92 bits per heavy atom. The molecule has 0 fully saturated rings. The zero-order valence-corrected chi connectivity index (χ0v) is 8.47. The Morgan fingerprint density at radius 1 is 1.54 bits per heavy atom. The highest BCUT2D eigenvalue weighted by Crippen LogP contribution is 2.22. The lowest BCUT2D eigenvalue weighted by molar-refractivity contribution is 0.363. The fourth-order valence-corrected chi connectivity index (χ4v) is 1.32. The van der Waals surface area contributed by atoms with Crippen LogP contribution in [0.1, 0.15) is 12.5 Å². The van der Waals surface area contributed by atoms with Gasteiger partial charge in [-0.3, -0.25) is 0 Å². The Morgan fingerprint density at radius 2 is 2.31 bits per heavy atom. The minimum atomic E-state index is 0.533. The molecule has 0 saturated heterocycles. The van der Waals surface area contributed by atoms with E-state index in [1.807, 2.05) is 18.2 Å². The molecular formula is C11H13ClO. The Kier molecular flexibility index (Phi) is 3.84. The number of hydrogen-bond acceptors (Lipinski definition) is 1. The second-order valence-electron chi connectivity index (χ2n) is 2.71. The van der Waals surface area contributed by atoms with Gasteiger partial charge in [-0.15, -0.1) is 0 Å². The van der Waals surface area contributed by atoms with Crippen molar-refractivity contribution in [3.63, 3.8) is 0 Å². The quantitative estimate of drug-likeness (QED) is 0.671. The van der Waals surface area contributed by atoms with Crippen LogP contribution in [0.4, 0.5) is 0 Å². The molecule has 0 heterocycles. The highest BCUT2D eigenvalue weighted by Gasteiger charge is 1.99. The van der Waals surface area contributed by atoms with Crippen LogP contribution < -0.4 is 4.74 Å². The minimum Gasteiger partial charge on any atom is -0.490 e. The summed E-state index contributed by atoms with van der Waals surface area (Å²) >= 11 is 5.95. The van der Waals surface area contributed by atoms with Crippen LogP contribution in [-0.4, -0.2) is 6.61 Å². The van der Waals surface area contributed by atoms with E-state index in [1.54, 1.807) is 6.08 Å². The smallest absolute Gasteiger partial charge is 0.120 e.